The Kier molecular flexibility index (Phi) is 3.62. The van der Waals surface area contributed by atoms with E-state index >= 15 is 0 Å². The summed E-state index contributed by atoms with van der Waals surface area (Å²) in [5, 5.41) is 1.19. The van der Waals surface area contributed by atoms with Crippen molar-refractivity contribution in [3.63, 3.8) is 0 Å². The zero-order valence-corrected chi connectivity index (χ0v) is 12.8. The molecule has 3 heteroatoms. The number of aromatic nitrogens is 1. The number of para-hydroxylation sites is 1. The number of fused-ring (bicyclic) bond motifs is 1. The third-order valence-electron chi connectivity index (χ3n) is 3.65. The minimum absolute atomic E-state index is 0.141. The summed E-state index contributed by atoms with van der Waals surface area (Å²) in [5.74, 6) is -0.184. The first-order valence-electron chi connectivity index (χ1n) is 6.71. The summed E-state index contributed by atoms with van der Waals surface area (Å²) >= 11 is 3.62. The topological polar surface area (TPSA) is 4.93 Å². The number of hydrogen-bond acceptors (Lipinski definition) is 0. The van der Waals surface area contributed by atoms with Crippen molar-refractivity contribution in [2.45, 2.75) is 19.4 Å². The Morgan fingerprint density at radius 1 is 1.15 bits per heavy atom. The molecule has 0 aliphatic carbocycles. The van der Waals surface area contributed by atoms with Crippen molar-refractivity contribution in [1.29, 1.82) is 0 Å². The van der Waals surface area contributed by atoms with Gasteiger partial charge in [-0.25, -0.2) is 4.39 Å². The molecular formula is C17H15BrFN. The molecule has 0 spiro atoms. The van der Waals surface area contributed by atoms with Crippen molar-refractivity contribution in [3.05, 3.63) is 70.6 Å². The smallest absolute Gasteiger partial charge is 0.123 e. The van der Waals surface area contributed by atoms with Gasteiger partial charge in [0.15, 0.2) is 0 Å². The molecule has 2 aromatic carbocycles. The fraction of sp³-hybridized carbons (Fsp3) is 0.176. The van der Waals surface area contributed by atoms with E-state index in [9.17, 15) is 4.39 Å². The maximum absolute atomic E-state index is 13.5. The average molecular weight is 332 g/mol. The van der Waals surface area contributed by atoms with Gasteiger partial charge in [0.05, 0.1) is 11.6 Å². The highest BCUT2D eigenvalue weighted by molar-refractivity contribution is 9.10. The van der Waals surface area contributed by atoms with Crippen LogP contribution >= 0.6 is 15.9 Å². The first-order chi connectivity index (χ1) is 9.70. The summed E-state index contributed by atoms with van der Waals surface area (Å²) in [4.78, 5) is 0. The van der Waals surface area contributed by atoms with Crippen LogP contribution in [0.1, 0.15) is 24.9 Å². The quantitative estimate of drug-likeness (QED) is 0.593. The summed E-state index contributed by atoms with van der Waals surface area (Å²) in [6.45, 7) is 2.12. The lowest BCUT2D eigenvalue weighted by Crippen LogP contribution is -2.09. The molecule has 0 radical (unpaired) electrons. The Bertz CT molecular complexity index is 748. The van der Waals surface area contributed by atoms with E-state index in [2.05, 4.69) is 45.8 Å². The SMILES string of the molecule is CCC(c1cccc(F)c1)n1ccc2cccc(Br)c21. The van der Waals surface area contributed by atoms with Gasteiger partial charge in [-0.1, -0.05) is 31.2 Å². The Balaban J connectivity index is 2.17. The van der Waals surface area contributed by atoms with Gasteiger partial charge in [0.2, 0.25) is 0 Å². The number of benzene rings is 2. The van der Waals surface area contributed by atoms with Gasteiger partial charge >= 0.3 is 0 Å². The average Bonchev–Trinajstić information content (AvgIpc) is 2.85. The minimum Gasteiger partial charge on any atom is -0.339 e. The molecular weight excluding hydrogens is 317 g/mol. The van der Waals surface area contributed by atoms with Crippen molar-refractivity contribution in [3.8, 4) is 0 Å². The molecule has 3 aromatic rings. The molecule has 0 fully saturated rings. The highest BCUT2D eigenvalue weighted by Gasteiger charge is 2.15. The molecule has 20 heavy (non-hydrogen) atoms. The van der Waals surface area contributed by atoms with Gasteiger partial charge in [-0.2, -0.15) is 0 Å². The van der Waals surface area contributed by atoms with Crippen LogP contribution in [0.5, 0.6) is 0 Å². The fourth-order valence-electron chi connectivity index (χ4n) is 2.74. The second-order valence-electron chi connectivity index (χ2n) is 4.88. The first kappa shape index (κ1) is 13.4. The van der Waals surface area contributed by atoms with E-state index in [1.807, 2.05) is 18.2 Å². The molecule has 1 atom stereocenters. The van der Waals surface area contributed by atoms with Crippen molar-refractivity contribution in [1.82, 2.24) is 4.57 Å². The molecule has 0 saturated heterocycles. The van der Waals surface area contributed by atoms with Crippen LogP contribution in [0.15, 0.2) is 59.2 Å². The summed E-state index contributed by atoms with van der Waals surface area (Å²) in [7, 11) is 0. The van der Waals surface area contributed by atoms with Crippen LogP contribution in [0, 0.1) is 5.82 Å². The van der Waals surface area contributed by atoms with Gasteiger partial charge < -0.3 is 4.57 Å². The molecule has 1 unspecified atom stereocenters. The van der Waals surface area contributed by atoms with E-state index in [1.165, 1.54) is 11.5 Å². The molecule has 0 N–H and O–H groups in total. The standard InChI is InChI=1S/C17H15BrFN/c1-2-16(13-6-3-7-14(19)11-13)20-10-9-12-5-4-8-15(18)17(12)20/h3-11,16H,2H2,1H3. The molecule has 0 bridgehead atoms. The van der Waals surface area contributed by atoms with Gasteiger partial charge in [0, 0.05) is 16.1 Å². The van der Waals surface area contributed by atoms with Crippen LogP contribution in [0.25, 0.3) is 10.9 Å². The summed E-state index contributed by atoms with van der Waals surface area (Å²) in [6.07, 6.45) is 2.99. The zero-order valence-electron chi connectivity index (χ0n) is 11.2. The number of halogens is 2. The lowest BCUT2D eigenvalue weighted by Gasteiger charge is -2.19. The Morgan fingerprint density at radius 2 is 1.95 bits per heavy atom. The molecule has 0 aliphatic rings. The molecule has 102 valence electrons. The maximum atomic E-state index is 13.5. The van der Waals surface area contributed by atoms with Gasteiger partial charge in [-0.3, -0.25) is 0 Å². The number of nitrogens with zero attached hydrogens (tertiary/aromatic N) is 1. The monoisotopic (exact) mass is 331 g/mol. The predicted molar refractivity (Wildman–Crippen MR) is 84.5 cm³/mol. The Labute approximate surface area is 126 Å². The third kappa shape index (κ3) is 2.27. The van der Waals surface area contributed by atoms with Crippen LogP contribution < -0.4 is 0 Å². The van der Waals surface area contributed by atoms with E-state index in [4.69, 9.17) is 0 Å². The van der Waals surface area contributed by atoms with Crippen molar-refractivity contribution >= 4 is 26.8 Å². The van der Waals surface area contributed by atoms with E-state index < -0.39 is 0 Å². The lowest BCUT2D eigenvalue weighted by molar-refractivity contribution is 0.572. The van der Waals surface area contributed by atoms with E-state index in [0.717, 1.165) is 22.0 Å². The summed E-state index contributed by atoms with van der Waals surface area (Å²) < 4.78 is 16.8. The van der Waals surface area contributed by atoms with E-state index in [1.54, 1.807) is 12.1 Å². The van der Waals surface area contributed by atoms with Crippen LogP contribution in [0.2, 0.25) is 0 Å². The molecule has 1 nitrogen and oxygen atoms in total. The fourth-order valence-corrected chi connectivity index (χ4v) is 3.33. The van der Waals surface area contributed by atoms with Gasteiger partial charge in [-0.05, 0) is 52.2 Å². The number of hydrogen-bond donors (Lipinski definition) is 0. The minimum atomic E-state index is -0.184. The Morgan fingerprint density at radius 3 is 2.70 bits per heavy atom. The number of rotatable bonds is 3. The van der Waals surface area contributed by atoms with Gasteiger partial charge in [-0.15, -0.1) is 0 Å². The Hall–Kier alpha value is -1.61. The maximum Gasteiger partial charge on any atom is 0.123 e. The highest BCUT2D eigenvalue weighted by atomic mass is 79.9. The van der Waals surface area contributed by atoms with Crippen molar-refractivity contribution in [2.75, 3.05) is 0 Å². The van der Waals surface area contributed by atoms with Crippen LogP contribution in [0.4, 0.5) is 4.39 Å². The van der Waals surface area contributed by atoms with Crippen molar-refractivity contribution < 1.29 is 4.39 Å². The summed E-state index contributed by atoms with van der Waals surface area (Å²) in [5.41, 5.74) is 2.16. The van der Waals surface area contributed by atoms with E-state index in [0.29, 0.717) is 0 Å². The molecule has 0 amide bonds. The van der Waals surface area contributed by atoms with Gasteiger partial charge in [0.1, 0.15) is 5.82 Å². The van der Waals surface area contributed by atoms with Crippen LogP contribution in [-0.2, 0) is 0 Å². The van der Waals surface area contributed by atoms with E-state index in [-0.39, 0.29) is 11.9 Å². The molecule has 0 aliphatic heterocycles. The molecule has 1 heterocycles. The molecule has 3 rings (SSSR count). The first-order valence-corrected chi connectivity index (χ1v) is 7.50. The predicted octanol–water partition coefficient (Wildman–Crippen LogP) is 5.54. The second-order valence-corrected chi connectivity index (χ2v) is 5.73. The highest BCUT2D eigenvalue weighted by Crippen LogP contribution is 2.31. The zero-order chi connectivity index (χ0) is 14.1. The van der Waals surface area contributed by atoms with Gasteiger partial charge in [0.25, 0.3) is 0 Å². The normalized spacial score (nSPS) is 12.8. The molecule has 0 saturated carbocycles. The largest absolute Gasteiger partial charge is 0.339 e. The van der Waals surface area contributed by atoms with Crippen molar-refractivity contribution in [2.24, 2.45) is 0 Å². The second kappa shape index (κ2) is 5.41. The lowest BCUT2D eigenvalue weighted by atomic mass is 10.0. The molecule has 1 aromatic heterocycles. The third-order valence-corrected chi connectivity index (χ3v) is 4.29. The summed E-state index contributed by atoms with van der Waals surface area (Å²) in [6, 6.07) is 15.3. The van der Waals surface area contributed by atoms with Crippen LogP contribution in [0.3, 0.4) is 0 Å². The van der Waals surface area contributed by atoms with Crippen LogP contribution in [-0.4, -0.2) is 4.57 Å².